The summed E-state index contributed by atoms with van der Waals surface area (Å²) < 4.78 is 7.48. The minimum atomic E-state index is 0.622. The molecule has 0 aromatic carbocycles. The van der Waals surface area contributed by atoms with E-state index < -0.39 is 0 Å². The van der Waals surface area contributed by atoms with E-state index in [0.717, 1.165) is 32.1 Å². The second-order valence-electron chi connectivity index (χ2n) is 6.36. The molecule has 1 unspecified atom stereocenters. The second kappa shape index (κ2) is 7.95. The van der Waals surface area contributed by atoms with Gasteiger partial charge < -0.3 is 10.1 Å². The molecule has 2 heterocycles. The minimum absolute atomic E-state index is 0.622. The van der Waals surface area contributed by atoms with E-state index in [-0.39, 0.29) is 0 Å². The summed E-state index contributed by atoms with van der Waals surface area (Å²) in [6.07, 6.45) is 6.08. The number of rotatable bonds is 7. The molecule has 4 nitrogen and oxygen atoms in total. The lowest BCUT2D eigenvalue weighted by molar-refractivity contribution is 0.0603. The molecule has 1 aromatic rings. The highest BCUT2D eigenvalue weighted by Crippen LogP contribution is 2.23. The van der Waals surface area contributed by atoms with Crippen LogP contribution >= 0.6 is 0 Å². The molecule has 4 heteroatoms. The van der Waals surface area contributed by atoms with E-state index in [1.54, 1.807) is 0 Å². The van der Waals surface area contributed by atoms with E-state index in [0.29, 0.717) is 6.04 Å². The lowest BCUT2D eigenvalue weighted by atomic mass is 9.90. The van der Waals surface area contributed by atoms with Crippen molar-refractivity contribution in [2.24, 2.45) is 13.0 Å². The molecule has 0 bridgehead atoms. The fourth-order valence-electron chi connectivity index (χ4n) is 3.47. The smallest absolute Gasteiger partial charge is 0.0628 e. The van der Waals surface area contributed by atoms with Gasteiger partial charge in [-0.2, -0.15) is 5.10 Å². The van der Waals surface area contributed by atoms with Crippen molar-refractivity contribution < 1.29 is 4.74 Å². The van der Waals surface area contributed by atoms with E-state index in [4.69, 9.17) is 4.74 Å². The number of nitrogens with zero attached hydrogens (tertiary/aromatic N) is 2. The average molecular weight is 293 g/mol. The first kappa shape index (κ1) is 16.5. The monoisotopic (exact) mass is 293 g/mol. The molecule has 120 valence electrons. The summed E-state index contributed by atoms with van der Waals surface area (Å²) >= 11 is 0. The topological polar surface area (TPSA) is 39.1 Å². The highest BCUT2D eigenvalue weighted by Gasteiger charge is 2.19. The summed E-state index contributed by atoms with van der Waals surface area (Å²) in [6, 6.07) is 0.622. The third-order valence-corrected chi connectivity index (χ3v) is 4.85. The van der Waals surface area contributed by atoms with Crippen LogP contribution in [0.15, 0.2) is 0 Å². The Morgan fingerprint density at radius 3 is 2.62 bits per heavy atom. The lowest BCUT2D eigenvalue weighted by Gasteiger charge is -2.27. The van der Waals surface area contributed by atoms with Crippen molar-refractivity contribution in [3.8, 4) is 0 Å². The van der Waals surface area contributed by atoms with Gasteiger partial charge in [0, 0.05) is 32.0 Å². The largest absolute Gasteiger partial charge is 0.381 e. The molecule has 1 saturated heterocycles. The van der Waals surface area contributed by atoms with Gasteiger partial charge in [0.25, 0.3) is 0 Å². The molecule has 0 saturated carbocycles. The molecule has 1 atom stereocenters. The van der Waals surface area contributed by atoms with E-state index in [1.165, 1.54) is 42.6 Å². The van der Waals surface area contributed by atoms with Crippen LogP contribution in [0.4, 0.5) is 0 Å². The third-order valence-electron chi connectivity index (χ3n) is 4.85. The molecular formula is C17H31N3O. The van der Waals surface area contributed by atoms with E-state index in [1.807, 2.05) is 11.7 Å². The molecule has 1 aliphatic rings. The van der Waals surface area contributed by atoms with Gasteiger partial charge in [0.2, 0.25) is 0 Å². The zero-order valence-corrected chi connectivity index (χ0v) is 14.1. The van der Waals surface area contributed by atoms with Gasteiger partial charge in [-0.25, -0.2) is 0 Å². The number of hydrogen-bond donors (Lipinski definition) is 1. The van der Waals surface area contributed by atoms with Gasteiger partial charge in [-0.05, 0) is 64.0 Å². The van der Waals surface area contributed by atoms with Crippen molar-refractivity contribution in [3.63, 3.8) is 0 Å². The zero-order chi connectivity index (χ0) is 15.2. The SMILES string of the molecule is CCNC(CCc1c(C)nn(C)c1C)CC1CCOCC1. The van der Waals surface area contributed by atoms with Crippen molar-refractivity contribution in [1.29, 1.82) is 0 Å². The highest BCUT2D eigenvalue weighted by atomic mass is 16.5. The van der Waals surface area contributed by atoms with Crippen LogP contribution in [-0.4, -0.2) is 35.6 Å². The van der Waals surface area contributed by atoms with Gasteiger partial charge in [0.15, 0.2) is 0 Å². The Hall–Kier alpha value is -0.870. The molecule has 0 radical (unpaired) electrons. The van der Waals surface area contributed by atoms with Gasteiger partial charge in [-0.1, -0.05) is 6.92 Å². The van der Waals surface area contributed by atoms with Crippen molar-refractivity contribution in [2.45, 2.75) is 58.9 Å². The van der Waals surface area contributed by atoms with Crippen LogP contribution in [0.25, 0.3) is 0 Å². The van der Waals surface area contributed by atoms with Crippen molar-refractivity contribution in [3.05, 3.63) is 17.0 Å². The summed E-state index contributed by atoms with van der Waals surface area (Å²) in [7, 11) is 2.04. The molecule has 21 heavy (non-hydrogen) atoms. The van der Waals surface area contributed by atoms with Gasteiger partial charge in [0.1, 0.15) is 0 Å². The van der Waals surface area contributed by atoms with Crippen molar-refractivity contribution >= 4 is 0 Å². The molecule has 1 N–H and O–H groups in total. The average Bonchev–Trinajstić information content (AvgIpc) is 2.71. The van der Waals surface area contributed by atoms with Crippen LogP contribution in [0.2, 0.25) is 0 Å². The van der Waals surface area contributed by atoms with Crippen LogP contribution in [0.1, 0.15) is 49.6 Å². The first-order valence-corrected chi connectivity index (χ1v) is 8.42. The lowest BCUT2D eigenvalue weighted by Crippen LogP contribution is -2.33. The number of hydrogen-bond acceptors (Lipinski definition) is 3. The molecular weight excluding hydrogens is 262 g/mol. The van der Waals surface area contributed by atoms with Crippen molar-refractivity contribution in [2.75, 3.05) is 19.8 Å². The van der Waals surface area contributed by atoms with Gasteiger partial charge in [0.05, 0.1) is 5.69 Å². The molecule has 1 aliphatic heterocycles. The number of aromatic nitrogens is 2. The first-order chi connectivity index (χ1) is 10.1. The Kier molecular flexibility index (Phi) is 6.24. The second-order valence-corrected chi connectivity index (χ2v) is 6.36. The van der Waals surface area contributed by atoms with Crippen LogP contribution in [-0.2, 0) is 18.2 Å². The molecule has 0 amide bonds. The minimum Gasteiger partial charge on any atom is -0.381 e. The van der Waals surface area contributed by atoms with E-state index >= 15 is 0 Å². The summed E-state index contributed by atoms with van der Waals surface area (Å²) in [5.41, 5.74) is 3.94. The number of ether oxygens (including phenoxy) is 1. The Morgan fingerprint density at radius 2 is 2.05 bits per heavy atom. The molecule has 1 fully saturated rings. The zero-order valence-electron chi connectivity index (χ0n) is 14.1. The molecule has 0 aliphatic carbocycles. The van der Waals surface area contributed by atoms with E-state index in [2.05, 4.69) is 31.2 Å². The van der Waals surface area contributed by atoms with Gasteiger partial charge >= 0.3 is 0 Å². The predicted octanol–water partition coefficient (Wildman–Crippen LogP) is 2.76. The summed E-state index contributed by atoms with van der Waals surface area (Å²) in [6.45, 7) is 9.46. The fourth-order valence-corrected chi connectivity index (χ4v) is 3.47. The Balaban J connectivity index is 1.89. The molecule has 0 spiro atoms. The quantitative estimate of drug-likeness (QED) is 0.840. The van der Waals surface area contributed by atoms with Gasteiger partial charge in [-0.15, -0.1) is 0 Å². The number of aryl methyl sites for hydroxylation is 2. The maximum absolute atomic E-state index is 5.47. The number of nitrogens with one attached hydrogen (secondary N) is 1. The Bertz CT molecular complexity index is 435. The summed E-state index contributed by atoms with van der Waals surface area (Å²) in [4.78, 5) is 0. The van der Waals surface area contributed by atoms with Crippen molar-refractivity contribution in [1.82, 2.24) is 15.1 Å². The predicted molar refractivity (Wildman–Crippen MR) is 86.6 cm³/mol. The van der Waals surface area contributed by atoms with Crippen LogP contribution in [0.5, 0.6) is 0 Å². The van der Waals surface area contributed by atoms with E-state index in [9.17, 15) is 0 Å². The standard InChI is InChI=1S/C17H31N3O/c1-5-18-16(12-15-8-10-21-11-9-15)6-7-17-13(2)19-20(4)14(17)3/h15-16,18H,5-12H2,1-4H3. The summed E-state index contributed by atoms with van der Waals surface area (Å²) in [5, 5.41) is 8.21. The van der Waals surface area contributed by atoms with Crippen LogP contribution < -0.4 is 5.32 Å². The third kappa shape index (κ3) is 4.55. The first-order valence-electron chi connectivity index (χ1n) is 8.42. The molecule has 1 aromatic heterocycles. The maximum Gasteiger partial charge on any atom is 0.0628 e. The highest BCUT2D eigenvalue weighted by molar-refractivity contribution is 5.24. The Labute approximate surface area is 129 Å². The molecule has 2 rings (SSSR count). The normalized spacial score (nSPS) is 18.1. The Morgan fingerprint density at radius 1 is 1.33 bits per heavy atom. The summed E-state index contributed by atoms with van der Waals surface area (Å²) in [5.74, 6) is 0.832. The maximum atomic E-state index is 5.47. The van der Waals surface area contributed by atoms with Crippen LogP contribution in [0.3, 0.4) is 0 Å². The fraction of sp³-hybridized carbons (Fsp3) is 0.824. The van der Waals surface area contributed by atoms with Gasteiger partial charge in [-0.3, -0.25) is 4.68 Å². The van der Waals surface area contributed by atoms with Crippen LogP contribution in [0, 0.1) is 19.8 Å².